The molecule has 132 valence electrons. The molecule has 0 fully saturated rings. The third kappa shape index (κ3) is 5.82. The van der Waals surface area contributed by atoms with Gasteiger partial charge in [-0.3, -0.25) is 0 Å². The predicted molar refractivity (Wildman–Crippen MR) is 61.5 cm³/mol. The van der Waals surface area contributed by atoms with E-state index in [1.54, 1.807) is 0 Å². The Balaban J connectivity index is -0.000000405. The maximum atomic E-state index is 10.8. The summed E-state index contributed by atoms with van der Waals surface area (Å²) in [6.07, 6.45) is 0. The summed E-state index contributed by atoms with van der Waals surface area (Å²) in [6.45, 7) is 0. The predicted octanol–water partition coefficient (Wildman–Crippen LogP) is -1.18. The molecule has 12 heteroatoms. The van der Waals surface area contributed by atoms with Gasteiger partial charge in [0.1, 0.15) is 0 Å². The zero-order valence-electron chi connectivity index (χ0n) is 10.2. The third-order valence-corrected chi connectivity index (χ3v) is 2.08. The molecule has 0 unspecified atom stereocenters. The van der Waals surface area contributed by atoms with Gasteiger partial charge in [-0.15, -0.1) is 0 Å². The minimum Gasteiger partial charge on any atom is -0.478 e. The van der Waals surface area contributed by atoms with Gasteiger partial charge in [-0.05, 0) is 12.1 Å². The second kappa shape index (κ2) is 10.7. The van der Waals surface area contributed by atoms with Crippen molar-refractivity contribution in [3.8, 4) is 0 Å². The van der Waals surface area contributed by atoms with E-state index in [-0.39, 0.29) is 45.1 Å². The van der Waals surface area contributed by atoms with Crippen molar-refractivity contribution in [3.63, 3.8) is 0 Å². The van der Waals surface area contributed by atoms with Gasteiger partial charge in [-0.1, -0.05) is 0 Å². The quantitative estimate of drug-likeness (QED) is 0.437. The molecule has 0 aromatic heterocycles. The molecule has 0 aliphatic rings. The molecule has 2 radical (unpaired) electrons. The molecule has 0 bridgehead atoms. The average Bonchev–Trinajstić information content (AvgIpc) is 2.26. The van der Waals surface area contributed by atoms with Crippen LogP contribution in [-0.2, 0) is 34.1 Å². The fourth-order valence-electron chi connectivity index (χ4n) is 1.31. The molecule has 22 heavy (non-hydrogen) atoms. The molecular formula is C10H10Cu2O10. The summed E-state index contributed by atoms with van der Waals surface area (Å²) < 4.78 is 0. The molecule has 0 aliphatic carbocycles. The van der Waals surface area contributed by atoms with Crippen molar-refractivity contribution < 1.29 is 84.7 Å². The van der Waals surface area contributed by atoms with Crippen LogP contribution in [0.25, 0.3) is 0 Å². The van der Waals surface area contributed by atoms with Crippen molar-refractivity contribution in [2.75, 3.05) is 0 Å². The van der Waals surface area contributed by atoms with E-state index in [1.165, 1.54) is 0 Å². The summed E-state index contributed by atoms with van der Waals surface area (Å²) in [5.41, 5.74) is -3.15. The number of carboxylic acids is 4. The number of aromatic carboxylic acids is 4. The Kier molecular flexibility index (Phi) is 13.8. The van der Waals surface area contributed by atoms with Crippen LogP contribution in [0.15, 0.2) is 12.1 Å². The molecule has 0 heterocycles. The zero-order valence-corrected chi connectivity index (χ0v) is 12.1. The van der Waals surface area contributed by atoms with Gasteiger partial charge in [-0.25, -0.2) is 19.2 Å². The normalized spacial score (nSPS) is 8.00. The minimum atomic E-state index is -1.66. The van der Waals surface area contributed by atoms with Gasteiger partial charge in [0.2, 0.25) is 0 Å². The van der Waals surface area contributed by atoms with Gasteiger partial charge in [0, 0.05) is 34.1 Å². The number of benzene rings is 1. The van der Waals surface area contributed by atoms with Crippen molar-refractivity contribution in [2.24, 2.45) is 0 Å². The zero-order chi connectivity index (χ0) is 14.0. The van der Waals surface area contributed by atoms with Gasteiger partial charge in [0.05, 0.1) is 22.3 Å². The van der Waals surface area contributed by atoms with Crippen molar-refractivity contribution in [3.05, 3.63) is 34.4 Å². The van der Waals surface area contributed by atoms with Crippen molar-refractivity contribution in [2.45, 2.75) is 0 Å². The van der Waals surface area contributed by atoms with Crippen LogP contribution in [0.4, 0.5) is 0 Å². The van der Waals surface area contributed by atoms with E-state index in [9.17, 15) is 19.2 Å². The molecule has 0 aliphatic heterocycles. The number of carboxylic acid groups (broad SMARTS) is 4. The summed E-state index contributed by atoms with van der Waals surface area (Å²) in [6, 6.07) is 1.02. The van der Waals surface area contributed by atoms with Crippen molar-refractivity contribution in [1.82, 2.24) is 0 Å². The van der Waals surface area contributed by atoms with Crippen LogP contribution in [0.2, 0.25) is 0 Å². The topological polar surface area (TPSA) is 212 Å². The van der Waals surface area contributed by atoms with Crippen molar-refractivity contribution >= 4 is 23.9 Å². The standard InChI is InChI=1S/C10H6O8.2Cu.2H2O/c11-7(12)3-1-4(8(13)14)6(10(17)18)2-5(3)9(15)16;;;;/h1-2H,(H,11,12)(H,13,14)(H,15,16)(H,17,18);;;2*1H2. The molecule has 8 N–H and O–H groups in total. The number of hydrogen-bond acceptors (Lipinski definition) is 4. The first-order valence-electron chi connectivity index (χ1n) is 4.37. The van der Waals surface area contributed by atoms with Gasteiger partial charge in [0.15, 0.2) is 0 Å². The van der Waals surface area contributed by atoms with Crippen LogP contribution >= 0.6 is 0 Å². The van der Waals surface area contributed by atoms with Crippen LogP contribution in [0, 0.1) is 0 Å². The van der Waals surface area contributed by atoms with Crippen molar-refractivity contribution in [1.29, 1.82) is 0 Å². The van der Waals surface area contributed by atoms with E-state index >= 15 is 0 Å². The van der Waals surface area contributed by atoms with E-state index in [1.807, 2.05) is 0 Å². The Labute approximate surface area is 143 Å². The van der Waals surface area contributed by atoms with E-state index in [0.29, 0.717) is 12.1 Å². The SMILES string of the molecule is O.O.O=C(O)c1cc(C(=O)O)c(C(=O)O)cc1C(=O)O.[Cu].[Cu]. The Morgan fingerprint density at radius 2 is 0.682 bits per heavy atom. The van der Waals surface area contributed by atoms with E-state index in [0.717, 1.165) is 0 Å². The van der Waals surface area contributed by atoms with E-state index in [4.69, 9.17) is 20.4 Å². The van der Waals surface area contributed by atoms with Gasteiger partial charge >= 0.3 is 23.9 Å². The second-order valence-electron chi connectivity index (χ2n) is 3.16. The van der Waals surface area contributed by atoms with Crippen LogP contribution in [-0.4, -0.2) is 55.3 Å². The minimum absolute atomic E-state index is 0. The van der Waals surface area contributed by atoms with Gasteiger partial charge < -0.3 is 31.4 Å². The smallest absolute Gasteiger partial charge is 0.336 e. The third-order valence-electron chi connectivity index (χ3n) is 2.08. The summed E-state index contributed by atoms with van der Waals surface area (Å²) in [7, 11) is 0. The van der Waals surface area contributed by atoms with Crippen LogP contribution < -0.4 is 0 Å². The summed E-state index contributed by atoms with van der Waals surface area (Å²) >= 11 is 0. The molecule has 1 aromatic rings. The van der Waals surface area contributed by atoms with Gasteiger partial charge in [0.25, 0.3) is 0 Å². The molecule has 1 aromatic carbocycles. The first-order valence-corrected chi connectivity index (χ1v) is 4.37. The monoisotopic (exact) mass is 416 g/mol. The average molecular weight is 417 g/mol. The summed E-state index contributed by atoms with van der Waals surface area (Å²) in [5, 5.41) is 35.0. The molecular weight excluding hydrogens is 407 g/mol. The van der Waals surface area contributed by atoms with E-state index < -0.39 is 46.1 Å². The first-order chi connectivity index (χ1) is 8.25. The molecule has 10 nitrogen and oxygen atoms in total. The first kappa shape index (κ1) is 28.3. The Morgan fingerprint density at radius 3 is 0.773 bits per heavy atom. The Hall–Kier alpha value is -1.94. The number of rotatable bonds is 4. The maximum Gasteiger partial charge on any atom is 0.336 e. The summed E-state index contributed by atoms with van der Waals surface area (Å²) in [4.78, 5) is 43.1. The fraction of sp³-hybridized carbons (Fsp3) is 0. The number of carbonyl (C=O) groups is 4. The molecule has 0 saturated heterocycles. The maximum absolute atomic E-state index is 10.8. The van der Waals surface area contributed by atoms with Gasteiger partial charge in [-0.2, -0.15) is 0 Å². The second-order valence-corrected chi connectivity index (χ2v) is 3.16. The van der Waals surface area contributed by atoms with Crippen LogP contribution in [0.1, 0.15) is 41.4 Å². The Morgan fingerprint density at radius 1 is 0.545 bits per heavy atom. The Bertz CT molecular complexity index is 485. The molecule has 0 amide bonds. The van der Waals surface area contributed by atoms with Crippen LogP contribution in [0.3, 0.4) is 0 Å². The summed E-state index contributed by atoms with van der Waals surface area (Å²) in [5.74, 6) is -6.64. The van der Waals surface area contributed by atoms with E-state index in [2.05, 4.69) is 0 Å². The largest absolute Gasteiger partial charge is 0.478 e. The van der Waals surface area contributed by atoms with Crippen LogP contribution in [0.5, 0.6) is 0 Å². The number of hydrogen-bond donors (Lipinski definition) is 4. The molecule has 0 atom stereocenters. The fourth-order valence-corrected chi connectivity index (χ4v) is 1.31. The molecule has 1 rings (SSSR count). The molecule has 0 spiro atoms. The molecule has 0 saturated carbocycles.